The van der Waals surface area contributed by atoms with Gasteiger partial charge in [-0.15, -0.1) is 0 Å². The van der Waals surface area contributed by atoms with Crippen LogP contribution in [-0.4, -0.2) is 87.3 Å². The maximum absolute atomic E-state index is 10.1. The molecule has 1 aromatic carbocycles. The number of ether oxygens (including phenoxy) is 3. The van der Waals surface area contributed by atoms with Crippen molar-refractivity contribution < 1.29 is 19.3 Å². The second-order valence-electron chi connectivity index (χ2n) is 10.7. The molecule has 3 heterocycles. The second-order valence-corrected chi connectivity index (χ2v) is 10.7. The van der Waals surface area contributed by atoms with Crippen LogP contribution in [0.4, 0.5) is 0 Å². The minimum absolute atomic E-state index is 0.120. The molecular weight excluding hydrogens is 522 g/mol. The molecule has 222 valence electrons. The van der Waals surface area contributed by atoms with Crippen molar-refractivity contribution in [2.75, 3.05) is 33.3 Å². The average molecular weight is 566 g/mol. The molecule has 3 aromatic rings. The number of allylic oxidation sites excluding steroid dienone is 1. The zero-order chi connectivity index (χ0) is 29.7. The van der Waals surface area contributed by atoms with Crippen molar-refractivity contribution in [3.05, 3.63) is 47.1 Å². The number of nitrogens with zero attached hydrogens (tertiary/aromatic N) is 5. The van der Waals surface area contributed by atoms with Gasteiger partial charge in [-0.3, -0.25) is 15.0 Å². The zero-order valence-corrected chi connectivity index (χ0v) is 25.1. The summed E-state index contributed by atoms with van der Waals surface area (Å²) in [6.07, 6.45) is 2.96. The molecule has 0 fully saturated rings. The maximum Gasteiger partial charge on any atom is 0.220 e. The van der Waals surface area contributed by atoms with Crippen molar-refractivity contribution in [1.82, 2.24) is 24.9 Å². The molecule has 4 rings (SSSR count). The smallest absolute Gasteiger partial charge is 0.220 e. The van der Waals surface area contributed by atoms with Gasteiger partial charge in [0, 0.05) is 32.6 Å². The van der Waals surface area contributed by atoms with Crippen LogP contribution in [0.25, 0.3) is 28.1 Å². The van der Waals surface area contributed by atoms with E-state index in [0.717, 1.165) is 45.7 Å². The number of aryl methyl sites for hydroxylation is 1. The van der Waals surface area contributed by atoms with Gasteiger partial charge in [0.05, 0.1) is 59.1 Å². The minimum Gasteiger partial charge on any atom is -0.476 e. The van der Waals surface area contributed by atoms with Gasteiger partial charge >= 0.3 is 0 Å². The highest BCUT2D eigenvalue weighted by molar-refractivity contribution is 6.05. The molecular formula is C30H43N7O4. The quantitative estimate of drug-likeness (QED) is 0.370. The highest BCUT2D eigenvalue weighted by Crippen LogP contribution is 2.36. The number of hydrogen-bond acceptors (Lipinski definition) is 9. The second kappa shape index (κ2) is 13.3. The first-order chi connectivity index (χ1) is 19.6. The lowest BCUT2D eigenvalue weighted by atomic mass is 10.0. The Morgan fingerprint density at radius 2 is 2.07 bits per heavy atom. The largest absolute Gasteiger partial charge is 0.476 e. The number of H-pyrrole nitrogens is 1. The van der Waals surface area contributed by atoms with Gasteiger partial charge in [0.2, 0.25) is 5.88 Å². The van der Waals surface area contributed by atoms with E-state index in [-0.39, 0.29) is 24.6 Å². The summed E-state index contributed by atoms with van der Waals surface area (Å²) in [5.41, 5.74) is 12.2. The van der Waals surface area contributed by atoms with Crippen LogP contribution in [0.5, 0.6) is 5.88 Å². The Kier molecular flexibility index (Phi) is 9.85. The monoisotopic (exact) mass is 565 g/mol. The number of methoxy groups -OCH3 is 1. The van der Waals surface area contributed by atoms with Gasteiger partial charge < -0.3 is 25.1 Å². The number of benzene rings is 1. The van der Waals surface area contributed by atoms with Gasteiger partial charge in [0.25, 0.3) is 0 Å². The lowest BCUT2D eigenvalue weighted by Crippen LogP contribution is -2.38. The first-order valence-electron chi connectivity index (χ1n) is 14.1. The van der Waals surface area contributed by atoms with Crippen LogP contribution in [0.1, 0.15) is 46.0 Å². The summed E-state index contributed by atoms with van der Waals surface area (Å²) < 4.78 is 19.8. The Balaban J connectivity index is 1.95. The van der Waals surface area contributed by atoms with Gasteiger partial charge in [0.15, 0.2) is 5.88 Å². The third-order valence-electron chi connectivity index (χ3n) is 6.77. The average Bonchev–Trinajstić information content (AvgIpc) is 3.45. The van der Waals surface area contributed by atoms with E-state index >= 15 is 0 Å². The fraction of sp³-hybridized carbons (Fsp3) is 0.500. The lowest BCUT2D eigenvalue weighted by Gasteiger charge is -2.26. The van der Waals surface area contributed by atoms with Crippen molar-refractivity contribution in [1.29, 1.82) is 0 Å². The Bertz CT molecular complexity index is 1430. The van der Waals surface area contributed by atoms with E-state index in [4.69, 9.17) is 30.0 Å². The molecule has 1 aliphatic heterocycles. The molecule has 11 heteroatoms. The highest BCUT2D eigenvalue weighted by Gasteiger charge is 2.24. The van der Waals surface area contributed by atoms with Crippen LogP contribution >= 0.6 is 0 Å². The van der Waals surface area contributed by atoms with Crippen molar-refractivity contribution in [3.63, 3.8) is 0 Å². The van der Waals surface area contributed by atoms with E-state index in [1.807, 2.05) is 52.1 Å². The Morgan fingerprint density at radius 1 is 1.29 bits per heavy atom. The molecule has 0 saturated heterocycles. The molecule has 2 atom stereocenters. The third-order valence-corrected chi connectivity index (χ3v) is 6.77. The number of aromatic nitrogens is 4. The van der Waals surface area contributed by atoms with E-state index in [1.165, 1.54) is 0 Å². The zero-order valence-electron chi connectivity index (χ0n) is 25.1. The maximum atomic E-state index is 10.1. The molecule has 4 N–H and O–H groups in total. The molecule has 2 bridgehead atoms. The number of hydrogen-bond donors (Lipinski definition) is 3. The van der Waals surface area contributed by atoms with Gasteiger partial charge in [-0.1, -0.05) is 13.0 Å². The van der Waals surface area contributed by atoms with Crippen LogP contribution in [-0.2, 0) is 23.1 Å². The molecule has 0 spiro atoms. The highest BCUT2D eigenvalue weighted by atomic mass is 16.5. The van der Waals surface area contributed by atoms with Crippen LogP contribution in [0, 0.1) is 0 Å². The van der Waals surface area contributed by atoms with Crippen molar-refractivity contribution in [3.8, 4) is 17.0 Å². The lowest BCUT2D eigenvalue weighted by molar-refractivity contribution is 0.143. The Morgan fingerprint density at radius 3 is 2.76 bits per heavy atom. The summed E-state index contributed by atoms with van der Waals surface area (Å²) in [5, 5.41) is 23.4. The summed E-state index contributed by atoms with van der Waals surface area (Å²) >= 11 is 0. The molecule has 41 heavy (non-hydrogen) atoms. The summed E-state index contributed by atoms with van der Waals surface area (Å²) in [6, 6.07) is 6.10. The molecule has 2 unspecified atom stereocenters. The fourth-order valence-electron chi connectivity index (χ4n) is 4.91. The Hall–Kier alpha value is -3.67. The molecule has 11 nitrogen and oxygen atoms in total. The molecule has 0 aliphatic carbocycles. The molecule has 0 amide bonds. The number of rotatable bonds is 7. The summed E-state index contributed by atoms with van der Waals surface area (Å²) in [4.78, 5) is 7.04. The first-order valence-corrected chi connectivity index (χ1v) is 14.1. The van der Waals surface area contributed by atoms with Crippen LogP contribution < -0.4 is 10.5 Å². The van der Waals surface area contributed by atoms with Crippen LogP contribution in [0.15, 0.2) is 40.7 Å². The number of nitrogens with two attached hydrogens (primary N) is 1. The van der Waals surface area contributed by atoms with E-state index in [2.05, 4.69) is 28.1 Å². The molecule has 2 aromatic heterocycles. The fourth-order valence-corrected chi connectivity index (χ4v) is 4.91. The van der Waals surface area contributed by atoms with Crippen LogP contribution in [0.3, 0.4) is 0 Å². The van der Waals surface area contributed by atoms with E-state index in [0.29, 0.717) is 31.1 Å². The SMILES string of the molecule is CCN1CC(=NCC(C)O)C(=C(\N)OC(C)C)/C=C/c2[nH]nc3ccc(cc23)-c2c(COC)nn(C)c2OC(C)C1. The van der Waals surface area contributed by atoms with E-state index < -0.39 is 6.10 Å². The number of aromatic amines is 1. The standard InChI is InChI=1S/C30H43N7O4/c1-8-37-15-20(5)41-30-28(27(17-39-7)35-36(30)6)21-9-11-24-23(13-21)25(34-33-24)12-10-22(29(31)40-18(2)3)26(16-37)32-14-19(4)38/h9-13,18-20,38H,8,14-17,31H2,1-7H3,(H,33,34)/b12-10+,29-22+,32-26?. The number of nitrogens with one attached hydrogen (secondary N) is 1. The van der Waals surface area contributed by atoms with Crippen molar-refractivity contribution >= 4 is 22.7 Å². The van der Waals surface area contributed by atoms with Gasteiger partial charge in [-0.25, -0.2) is 4.68 Å². The number of aliphatic imine (C=N–C) groups is 1. The third kappa shape index (κ3) is 7.16. The summed E-state index contributed by atoms with van der Waals surface area (Å²) in [6.45, 7) is 12.2. The molecule has 1 aliphatic rings. The van der Waals surface area contributed by atoms with Crippen molar-refractivity contribution in [2.24, 2.45) is 17.8 Å². The van der Waals surface area contributed by atoms with Crippen molar-refractivity contribution in [2.45, 2.75) is 59.5 Å². The van der Waals surface area contributed by atoms with Crippen LogP contribution in [0.2, 0.25) is 0 Å². The minimum atomic E-state index is -0.603. The normalized spacial score (nSPS) is 20.5. The molecule has 0 radical (unpaired) electrons. The Labute approximate surface area is 241 Å². The topological polar surface area (TPSA) is 136 Å². The van der Waals surface area contributed by atoms with E-state index in [9.17, 15) is 5.11 Å². The number of aliphatic hydroxyl groups excluding tert-OH is 1. The number of fused-ring (bicyclic) bond motifs is 3. The molecule has 0 saturated carbocycles. The first kappa shape index (κ1) is 30.3. The number of aliphatic hydroxyl groups is 1. The van der Waals surface area contributed by atoms with E-state index in [1.54, 1.807) is 18.7 Å². The van der Waals surface area contributed by atoms with Gasteiger partial charge in [0.1, 0.15) is 6.10 Å². The predicted octanol–water partition coefficient (Wildman–Crippen LogP) is 3.64. The predicted molar refractivity (Wildman–Crippen MR) is 162 cm³/mol. The summed E-state index contributed by atoms with van der Waals surface area (Å²) in [7, 11) is 3.55. The van der Waals surface area contributed by atoms with Gasteiger partial charge in [-0.05, 0) is 64.1 Å². The van der Waals surface area contributed by atoms with Gasteiger partial charge in [-0.2, -0.15) is 10.2 Å². The summed E-state index contributed by atoms with van der Waals surface area (Å²) in [5.74, 6) is 0.950. The number of likely N-dealkylation sites (N-methyl/N-ethyl adjacent to an activating group) is 1.